The number of aryl methyl sites for hydroxylation is 1. The quantitative estimate of drug-likeness (QED) is 0.769. The van der Waals surface area contributed by atoms with Crippen molar-refractivity contribution in [1.82, 2.24) is 10.3 Å². The average molecular weight is 362 g/mol. The van der Waals surface area contributed by atoms with Crippen molar-refractivity contribution in [1.29, 1.82) is 0 Å². The minimum atomic E-state index is -0.411. The number of carbonyl (C=O) groups is 2. The van der Waals surface area contributed by atoms with E-state index in [1.165, 1.54) is 28.4 Å². The Morgan fingerprint density at radius 1 is 1.48 bits per heavy atom. The second kappa shape index (κ2) is 7.60. The van der Waals surface area contributed by atoms with Crippen molar-refractivity contribution in [3.05, 3.63) is 41.2 Å². The number of nitrogens with one attached hydrogen (secondary N) is 1. The van der Waals surface area contributed by atoms with E-state index in [0.717, 1.165) is 18.5 Å². The third-order valence-electron chi connectivity index (χ3n) is 4.09. The van der Waals surface area contributed by atoms with Gasteiger partial charge in [0.1, 0.15) is 5.82 Å². The number of nitrogens with two attached hydrogens (primary N) is 1. The highest BCUT2D eigenvalue weighted by Crippen LogP contribution is 2.25. The summed E-state index contributed by atoms with van der Waals surface area (Å²) in [6, 6.07) is 5.85. The van der Waals surface area contributed by atoms with E-state index in [1.807, 2.05) is 5.38 Å². The first-order valence-corrected chi connectivity index (χ1v) is 8.94. The van der Waals surface area contributed by atoms with Crippen LogP contribution in [0.1, 0.15) is 18.5 Å². The SMILES string of the molecule is Nc1nc(CCCNC(=O)C2CC(=O)N(c3cccc(F)c3)C2)cs1. The molecule has 0 radical (unpaired) electrons. The highest BCUT2D eigenvalue weighted by molar-refractivity contribution is 7.13. The van der Waals surface area contributed by atoms with Gasteiger partial charge in [-0.2, -0.15) is 0 Å². The van der Waals surface area contributed by atoms with Crippen molar-refractivity contribution in [2.24, 2.45) is 5.92 Å². The van der Waals surface area contributed by atoms with E-state index in [1.54, 1.807) is 12.1 Å². The highest BCUT2D eigenvalue weighted by atomic mass is 32.1. The van der Waals surface area contributed by atoms with Crippen LogP contribution in [0, 0.1) is 11.7 Å². The molecule has 0 saturated carbocycles. The minimum Gasteiger partial charge on any atom is -0.375 e. The van der Waals surface area contributed by atoms with Crippen LogP contribution in [0.3, 0.4) is 0 Å². The smallest absolute Gasteiger partial charge is 0.227 e. The molecule has 132 valence electrons. The molecular formula is C17H19FN4O2S. The molecule has 1 aliphatic rings. The summed E-state index contributed by atoms with van der Waals surface area (Å²) < 4.78 is 13.3. The van der Waals surface area contributed by atoms with E-state index in [-0.39, 0.29) is 24.8 Å². The molecule has 1 saturated heterocycles. The fourth-order valence-electron chi connectivity index (χ4n) is 2.84. The van der Waals surface area contributed by atoms with E-state index in [9.17, 15) is 14.0 Å². The summed E-state index contributed by atoms with van der Waals surface area (Å²) in [5, 5.41) is 5.31. The molecule has 3 rings (SSSR count). The van der Waals surface area contributed by atoms with Gasteiger partial charge in [0.2, 0.25) is 11.8 Å². The van der Waals surface area contributed by atoms with Crippen LogP contribution in [0.2, 0.25) is 0 Å². The number of hydrogen-bond acceptors (Lipinski definition) is 5. The Hall–Kier alpha value is -2.48. The molecule has 1 aromatic carbocycles. The molecule has 1 unspecified atom stereocenters. The second-order valence-electron chi connectivity index (χ2n) is 5.96. The predicted molar refractivity (Wildman–Crippen MR) is 94.7 cm³/mol. The molecule has 8 heteroatoms. The summed E-state index contributed by atoms with van der Waals surface area (Å²) in [5.41, 5.74) is 6.98. The summed E-state index contributed by atoms with van der Waals surface area (Å²) in [6.07, 6.45) is 1.64. The Kier molecular flexibility index (Phi) is 5.28. The fourth-order valence-corrected chi connectivity index (χ4v) is 3.44. The van der Waals surface area contributed by atoms with Gasteiger partial charge in [0.05, 0.1) is 11.6 Å². The Balaban J connectivity index is 1.47. The number of thiazole rings is 1. The summed E-state index contributed by atoms with van der Waals surface area (Å²) in [7, 11) is 0. The Morgan fingerprint density at radius 2 is 2.32 bits per heavy atom. The van der Waals surface area contributed by atoms with Crippen molar-refractivity contribution in [2.75, 3.05) is 23.7 Å². The van der Waals surface area contributed by atoms with Crippen LogP contribution in [0.25, 0.3) is 0 Å². The molecule has 2 amide bonds. The molecule has 2 heterocycles. The minimum absolute atomic E-state index is 0.144. The monoisotopic (exact) mass is 362 g/mol. The Morgan fingerprint density at radius 3 is 3.04 bits per heavy atom. The van der Waals surface area contributed by atoms with Crippen LogP contribution in [0.4, 0.5) is 15.2 Å². The standard InChI is InChI=1S/C17H19FN4O2S/c18-12-3-1-5-14(8-12)22-9-11(7-15(22)23)16(24)20-6-2-4-13-10-25-17(19)21-13/h1,3,5,8,10-11H,2,4,6-7,9H2,(H2,19,21)(H,20,24). The largest absolute Gasteiger partial charge is 0.375 e. The molecule has 25 heavy (non-hydrogen) atoms. The molecule has 0 aliphatic carbocycles. The van der Waals surface area contributed by atoms with Gasteiger partial charge in [-0.05, 0) is 31.0 Å². The van der Waals surface area contributed by atoms with Crippen molar-refractivity contribution >= 4 is 34.0 Å². The zero-order valence-electron chi connectivity index (χ0n) is 13.6. The fraction of sp³-hybridized carbons (Fsp3) is 0.353. The van der Waals surface area contributed by atoms with Gasteiger partial charge in [-0.1, -0.05) is 6.07 Å². The lowest BCUT2D eigenvalue weighted by molar-refractivity contribution is -0.126. The predicted octanol–water partition coefficient (Wildman–Crippen LogP) is 1.97. The lowest BCUT2D eigenvalue weighted by Crippen LogP contribution is -2.33. The molecule has 2 aromatic rings. The Bertz CT molecular complexity index is 780. The molecule has 0 spiro atoms. The summed E-state index contributed by atoms with van der Waals surface area (Å²) >= 11 is 1.40. The molecule has 1 atom stereocenters. The zero-order valence-corrected chi connectivity index (χ0v) is 14.4. The van der Waals surface area contributed by atoms with E-state index in [2.05, 4.69) is 10.3 Å². The third-order valence-corrected chi connectivity index (χ3v) is 4.82. The number of benzene rings is 1. The summed E-state index contributed by atoms with van der Waals surface area (Å²) in [5.74, 6) is -1.12. The molecule has 1 fully saturated rings. The number of aromatic nitrogens is 1. The topological polar surface area (TPSA) is 88.3 Å². The van der Waals surface area contributed by atoms with Gasteiger partial charge < -0.3 is 16.0 Å². The van der Waals surface area contributed by atoms with Crippen LogP contribution in [-0.4, -0.2) is 29.9 Å². The van der Waals surface area contributed by atoms with Gasteiger partial charge >= 0.3 is 0 Å². The van der Waals surface area contributed by atoms with Crippen LogP contribution >= 0.6 is 11.3 Å². The second-order valence-corrected chi connectivity index (χ2v) is 6.85. The van der Waals surface area contributed by atoms with Crippen LogP contribution in [0.5, 0.6) is 0 Å². The van der Waals surface area contributed by atoms with Crippen LogP contribution < -0.4 is 16.0 Å². The highest BCUT2D eigenvalue weighted by Gasteiger charge is 2.35. The van der Waals surface area contributed by atoms with Gasteiger partial charge in [0.25, 0.3) is 0 Å². The molecule has 1 aliphatic heterocycles. The number of nitrogen functional groups attached to an aromatic ring is 1. The maximum atomic E-state index is 13.3. The van der Waals surface area contributed by atoms with Crippen molar-refractivity contribution in [3.8, 4) is 0 Å². The van der Waals surface area contributed by atoms with Crippen molar-refractivity contribution < 1.29 is 14.0 Å². The lowest BCUT2D eigenvalue weighted by atomic mass is 10.1. The number of halogens is 1. The molecule has 0 bridgehead atoms. The van der Waals surface area contributed by atoms with E-state index >= 15 is 0 Å². The van der Waals surface area contributed by atoms with E-state index in [4.69, 9.17) is 5.73 Å². The first-order valence-electron chi connectivity index (χ1n) is 8.06. The summed E-state index contributed by atoms with van der Waals surface area (Å²) in [4.78, 5) is 30.0. The first kappa shape index (κ1) is 17.3. The van der Waals surface area contributed by atoms with E-state index < -0.39 is 11.7 Å². The van der Waals surface area contributed by atoms with Crippen LogP contribution in [-0.2, 0) is 16.0 Å². The van der Waals surface area contributed by atoms with Gasteiger partial charge in [0.15, 0.2) is 5.13 Å². The number of hydrogen-bond donors (Lipinski definition) is 2. The first-order chi connectivity index (χ1) is 12.0. The number of carbonyl (C=O) groups excluding carboxylic acids is 2. The van der Waals surface area contributed by atoms with Gasteiger partial charge in [0, 0.05) is 30.6 Å². The normalized spacial score (nSPS) is 17.1. The van der Waals surface area contributed by atoms with E-state index in [0.29, 0.717) is 17.4 Å². The number of anilines is 2. The Labute approximate surface area is 148 Å². The molecule has 1 aromatic heterocycles. The number of nitrogens with zero attached hydrogens (tertiary/aromatic N) is 2. The maximum Gasteiger partial charge on any atom is 0.227 e. The van der Waals surface area contributed by atoms with Gasteiger partial charge in [-0.15, -0.1) is 11.3 Å². The average Bonchev–Trinajstić information content (AvgIpc) is 3.17. The lowest BCUT2D eigenvalue weighted by Gasteiger charge is -2.16. The number of rotatable bonds is 6. The molecule has 6 nitrogen and oxygen atoms in total. The third kappa shape index (κ3) is 4.33. The van der Waals surface area contributed by atoms with Gasteiger partial charge in [-0.25, -0.2) is 9.37 Å². The number of amides is 2. The molecular weight excluding hydrogens is 343 g/mol. The van der Waals surface area contributed by atoms with Crippen molar-refractivity contribution in [2.45, 2.75) is 19.3 Å². The summed E-state index contributed by atoms with van der Waals surface area (Å²) in [6.45, 7) is 0.789. The van der Waals surface area contributed by atoms with Gasteiger partial charge in [-0.3, -0.25) is 9.59 Å². The van der Waals surface area contributed by atoms with Crippen molar-refractivity contribution in [3.63, 3.8) is 0 Å². The zero-order chi connectivity index (χ0) is 17.8. The van der Waals surface area contributed by atoms with Crippen LogP contribution in [0.15, 0.2) is 29.6 Å². The molecule has 3 N–H and O–H groups in total. The maximum absolute atomic E-state index is 13.3.